The second kappa shape index (κ2) is 5.10. The van der Waals surface area contributed by atoms with Crippen molar-refractivity contribution in [3.05, 3.63) is 52.9 Å². The Morgan fingerprint density at radius 1 is 1.32 bits per heavy atom. The van der Waals surface area contributed by atoms with Crippen molar-refractivity contribution in [2.45, 2.75) is 32.0 Å². The number of carbonyl (C=O) groups excluding carboxylic acids is 2. The van der Waals surface area contributed by atoms with Crippen molar-refractivity contribution >= 4 is 17.8 Å². The Bertz CT molecular complexity index is 705. The summed E-state index contributed by atoms with van der Waals surface area (Å²) >= 11 is 0. The first-order valence-corrected chi connectivity index (χ1v) is 7.20. The summed E-state index contributed by atoms with van der Waals surface area (Å²) in [7, 11) is 0. The van der Waals surface area contributed by atoms with E-state index in [4.69, 9.17) is 4.74 Å². The van der Waals surface area contributed by atoms with Crippen LogP contribution in [0.5, 0.6) is 0 Å². The molecule has 1 spiro atoms. The number of ether oxygens (including phenoxy) is 1. The standard InChI is InChI=1S/C17H17NO4/c1-3-13-10(2)14(19)17(22-13)15(20)12(18-16(17)21)9-11-7-5-4-6-8-11/h4-9,15,20H,3H2,1-2H3,(H,18,21)/b12-9-/t15-,17-/m1/s1. The van der Waals surface area contributed by atoms with Gasteiger partial charge in [-0.2, -0.15) is 0 Å². The van der Waals surface area contributed by atoms with Gasteiger partial charge in [0.1, 0.15) is 5.76 Å². The molecule has 1 fully saturated rings. The summed E-state index contributed by atoms with van der Waals surface area (Å²) in [5.74, 6) is -0.624. The van der Waals surface area contributed by atoms with Crippen molar-refractivity contribution < 1.29 is 19.4 Å². The summed E-state index contributed by atoms with van der Waals surface area (Å²) in [5, 5.41) is 13.1. The van der Waals surface area contributed by atoms with Crippen molar-refractivity contribution in [3.63, 3.8) is 0 Å². The third-order valence-corrected chi connectivity index (χ3v) is 4.10. The fourth-order valence-corrected chi connectivity index (χ4v) is 2.87. The molecule has 2 N–H and O–H groups in total. The monoisotopic (exact) mass is 299 g/mol. The minimum atomic E-state index is -1.87. The Balaban J connectivity index is 1.99. The summed E-state index contributed by atoms with van der Waals surface area (Å²) in [6, 6.07) is 9.26. The lowest BCUT2D eigenvalue weighted by Gasteiger charge is -2.23. The second-order valence-electron chi connectivity index (χ2n) is 5.44. The van der Waals surface area contributed by atoms with Crippen molar-refractivity contribution in [2.75, 3.05) is 0 Å². The maximum atomic E-state index is 12.5. The number of allylic oxidation sites excluding steroid dienone is 1. The average Bonchev–Trinajstić information content (AvgIpc) is 2.92. The molecule has 2 aliphatic rings. The Morgan fingerprint density at radius 3 is 2.59 bits per heavy atom. The van der Waals surface area contributed by atoms with E-state index in [1.54, 1.807) is 13.0 Å². The van der Waals surface area contributed by atoms with Gasteiger partial charge in [-0.3, -0.25) is 9.59 Å². The fraction of sp³-hybridized carbons (Fsp3) is 0.294. The molecule has 22 heavy (non-hydrogen) atoms. The van der Waals surface area contributed by atoms with Gasteiger partial charge in [0.2, 0.25) is 5.78 Å². The molecule has 1 amide bonds. The summed E-state index contributed by atoms with van der Waals surface area (Å²) in [5.41, 5.74) is -0.372. The largest absolute Gasteiger partial charge is 0.470 e. The van der Waals surface area contributed by atoms with E-state index in [1.165, 1.54) is 0 Å². The van der Waals surface area contributed by atoms with Crippen LogP contribution in [0.2, 0.25) is 0 Å². The minimum absolute atomic E-state index is 0.273. The van der Waals surface area contributed by atoms with Crippen LogP contribution in [0.4, 0.5) is 0 Å². The van der Waals surface area contributed by atoms with Crippen LogP contribution in [0.1, 0.15) is 25.8 Å². The smallest absolute Gasteiger partial charge is 0.279 e. The molecule has 2 heterocycles. The molecule has 2 atom stereocenters. The van der Waals surface area contributed by atoms with Gasteiger partial charge < -0.3 is 15.2 Å². The van der Waals surface area contributed by atoms with E-state index in [1.807, 2.05) is 37.3 Å². The molecular weight excluding hydrogens is 282 g/mol. The minimum Gasteiger partial charge on any atom is -0.470 e. The Hall–Kier alpha value is -2.40. The molecule has 1 saturated heterocycles. The molecule has 1 aromatic carbocycles. The van der Waals surface area contributed by atoms with Gasteiger partial charge in [0, 0.05) is 12.0 Å². The first-order chi connectivity index (χ1) is 10.5. The van der Waals surface area contributed by atoms with E-state index in [2.05, 4.69) is 5.32 Å². The van der Waals surface area contributed by atoms with E-state index in [0.29, 0.717) is 17.8 Å². The number of ketones is 1. The van der Waals surface area contributed by atoms with Crippen LogP contribution in [-0.2, 0) is 14.3 Å². The molecule has 2 aliphatic heterocycles. The number of amides is 1. The lowest BCUT2D eigenvalue weighted by Crippen LogP contribution is -2.51. The molecule has 0 saturated carbocycles. The Morgan fingerprint density at radius 2 is 2.00 bits per heavy atom. The number of rotatable bonds is 2. The number of benzene rings is 1. The summed E-state index contributed by atoms with van der Waals surface area (Å²) in [6.45, 7) is 3.46. The van der Waals surface area contributed by atoms with Crippen LogP contribution in [0.3, 0.4) is 0 Å². The molecule has 0 unspecified atom stereocenters. The van der Waals surface area contributed by atoms with E-state index in [-0.39, 0.29) is 5.70 Å². The molecule has 1 aromatic rings. The van der Waals surface area contributed by atoms with Gasteiger partial charge in [0.25, 0.3) is 11.5 Å². The summed E-state index contributed by atoms with van der Waals surface area (Å²) in [4.78, 5) is 24.8. The Labute approximate surface area is 128 Å². The topological polar surface area (TPSA) is 75.6 Å². The molecule has 114 valence electrons. The number of hydrogen-bond acceptors (Lipinski definition) is 4. The van der Waals surface area contributed by atoms with Gasteiger partial charge in [-0.15, -0.1) is 0 Å². The van der Waals surface area contributed by atoms with Gasteiger partial charge in [-0.25, -0.2) is 0 Å². The molecule has 5 nitrogen and oxygen atoms in total. The van der Waals surface area contributed by atoms with E-state index >= 15 is 0 Å². The number of aliphatic hydroxyl groups is 1. The van der Waals surface area contributed by atoms with Crippen molar-refractivity contribution in [2.24, 2.45) is 0 Å². The molecule has 3 rings (SSSR count). The Kier molecular flexibility index (Phi) is 3.37. The lowest BCUT2D eigenvalue weighted by molar-refractivity contribution is -0.152. The van der Waals surface area contributed by atoms with Crippen LogP contribution in [0, 0.1) is 0 Å². The molecule has 0 radical (unpaired) electrons. The van der Waals surface area contributed by atoms with Crippen LogP contribution < -0.4 is 5.32 Å². The third-order valence-electron chi connectivity index (χ3n) is 4.10. The van der Waals surface area contributed by atoms with Crippen LogP contribution in [0.25, 0.3) is 6.08 Å². The number of nitrogens with one attached hydrogen (secondary N) is 1. The van der Waals surface area contributed by atoms with Gasteiger partial charge in [-0.05, 0) is 18.6 Å². The molecular formula is C17H17NO4. The highest BCUT2D eigenvalue weighted by molar-refractivity contribution is 6.21. The zero-order valence-electron chi connectivity index (χ0n) is 12.4. The average molecular weight is 299 g/mol. The zero-order chi connectivity index (χ0) is 15.9. The zero-order valence-corrected chi connectivity index (χ0v) is 12.4. The van der Waals surface area contributed by atoms with Crippen LogP contribution >= 0.6 is 0 Å². The van der Waals surface area contributed by atoms with Crippen LogP contribution in [-0.4, -0.2) is 28.5 Å². The SMILES string of the molecule is CCC1=C(C)C(=O)[C@]2(O1)C(=O)N/C(=C\c1ccccc1)[C@H]2O. The number of Topliss-reactive ketones (excluding diaryl/α,β-unsaturated/α-hetero) is 1. The van der Waals surface area contributed by atoms with Crippen molar-refractivity contribution in [3.8, 4) is 0 Å². The number of hydrogen-bond donors (Lipinski definition) is 2. The molecule has 0 aliphatic carbocycles. The quantitative estimate of drug-likeness (QED) is 0.812. The summed E-state index contributed by atoms with van der Waals surface area (Å²) < 4.78 is 5.60. The fourth-order valence-electron chi connectivity index (χ4n) is 2.87. The highest BCUT2D eigenvalue weighted by Gasteiger charge is 2.64. The predicted octanol–water partition coefficient (Wildman–Crippen LogP) is 1.54. The van der Waals surface area contributed by atoms with Gasteiger partial charge in [-0.1, -0.05) is 37.3 Å². The maximum Gasteiger partial charge on any atom is 0.279 e. The molecule has 5 heteroatoms. The first-order valence-electron chi connectivity index (χ1n) is 7.20. The van der Waals surface area contributed by atoms with Gasteiger partial charge in [0.05, 0.1) is 5.70 Å². The molecule has 0 bridgehead atoms. The predicted molar refractivity (Wildman–Crippen MR) is 80.4 cm³/mol. The second-order valence-corrected chi connectivity index (χ2v) is 5.44. The number of carbonyl (C=O) groups is 2. The number of aliphatic hydroxyl groups excluding tert-OH is 1. The molecule has 0 aromatic heterocycles. The van der Waals surface area contributed by atoms with E-state index < -0.39 is 23.4 Å². The van der Waals surface area contributed by atoms with Crippen LogP contribution in [0.15, 0.2) is 47.4 Å². The van der Waals surface area contributed by atoms with Crippen molar-refractivity contribution in [1.29, 1.82) is 0 Å². The highest BCUT2D eigenvalue weighted by Crippen LogP contribution is 2.40. The van der Waals surface area contributed by atoms with Gasteiger partial charge >= 0.3 is 0 Å². The van der Waals surface area contributed by atoms with E-state index in [9.17, 15) is 14.7 Å². The lowest BCUT2D eigenvalue weighted by atomic mass is 9.90. The normalized spacial score (nSPS) is 29.4. The highest BCUT2D eigenvalue weighted by atomic mass is 16.5. The third kappa shape index (κ3) is 1.89. The van der Waals surface area contributed by atoms with Gasteiger partial charge in [0.15, 0.2) is 6.10 Å². The summed E-state index contributed by atoms with van der Waals surface area (Å²) in [6.07, 6.45) is 0.802. The first kappa shape index (κ1) is 14.5. The van der Waals surface area contributed by atoms with E-state index in [0.717, 1.165) is 5.56 Å². The van der Waals surface area contributed by atoms with Crippen molar-refractivity contribution in [1.82, 2.24) is 5.32 Å². The maximum absolute atomic E-state index is 12.5.